The van der Waals surface area contributed by atoms with Crippen LogP contribution >= 0.6 is 0 Å². The fourth-order valence-corrected chi connectivity index (χ4v) is 3.44. The van der Waals surface area contributed by atoms with Crippen molar-refractivity contribution in [1.29, 1.82) is 0 Å². The molecule has 0 bridgehead atoms. The summed E-state index contributed by atoms with van der Waals surface area (Å²) >= 11 is 0. The maximum absolute atomic E-state index is 13.4. The highest BCUT2D eigenvalue weighted by molar-refractivity contribution is 5.88. The van der Waals surface area contributed by atoms with Gasteiger partial charge in [-0.05, 0) is 50.3 Å². The zero-order valence-electron chi connectivity index (χ0n) is 18.4. The number of nitrogens with one attached hydrogen (secondary N) is 1. The lowest BCUT2D eigenvalue weighted by Crippen LogP contribution is -2.51. The molecule has 156 valence electrons. The summed E-state index contributed by atoms with van der Waals surface area (Å²) in [6.07, 6.45) is 1.73. The maximum Gasteiger partial charge on any atom is 0.243 e. The third kappa shape index (κ3) is 6.45. The van der Waals surface area contributed by atoms with Gasteiger partial charge in [0.05, 0.1) is 6.42 Å². The molecule has 0 spiro atoms. The summed E-state index contributed by atoms with van der Waals surface area (Å²) in [4.78, 5) is 28.1. The molecular weight excluding hydrogens is 360 g/mol. The fraction of sp³-hybridized carbons (Fsp3) is 0.440. The Labute approximate surface area is 175 Å². The van der Waals surface area contributed by atoms with Crippen molar-refractivity contribution < 1.29 is 9.59 Å². The van der Waals surface area contributed by atoms with Crippen molar-refractivity contribution in [1.82, 2.24) is 10.2 Å². The summed E-state index contributed by atoms with van der Waals surface area (Å²) in [6.45, 7) is 10.5. The van der Waals surface area contributed by atoms with E-state index in [2.05, 4.69) is 11.4 Å². The molecule has 0 saturated carbocycles. The molecule has 2 atom stereocenters. The Morgan fingerprint density at radius 1 is 1.00 bits per heavy atom. The summed E-state index contributed by atoms with van der Waals surface area (Å²) in [5.41, 5.74) is 4.28. The SMILES string of the molecule is CC[C@@H](C)NC(=O)[C@H](CC)N(Cc1cccc(C)c1)C(=O)Cc1ccccc1C. The molecule has 29 heavy (non-hydrogen) atoms. The Balaban J connectivity index is 2.31. The van der Waals surface area contributed by atoms with E-state index in [1.165, 1.54) is 0 Å². The first-order valence-electron chi connectivity index (χ1n) is 10.6. The Morgan fingerprint density at radius 2 is 1.72 bits per heavy atom. The van der Waals surface area contributed by atoms with Gasteiger partial charge < -0.3 is 10.2 Å². The molecule has 0 aromatic heterocycles. The first-order chi connectivity index (χ1) is 13.8. The second kappa shape index (κ2) is 10.8. The average molecular weight is 395 g/mol. The van der Waals surface area contributed by atoms with Crippen LogP contribution < -0.4 is 5.32 Å². The largest absolute Gasteiger partial charge is 0.352 e. The van der Waals surface area contributed by atoms with Crippen LogP contribution in [0.5, 0.6) is 0 Å². The van der Waals surface area contributed by atoms with Crippen LogP contribution in [0.25, 0.3) is 0 Å². The number of carbonyl (C=O) groups excluding carboxylic acids is 2. The summed E-state index contributed by atoms with van der Waals surface area (Å²) in [5, 5.41) is 3.06. The molecule has 2 amide bonds. The molecule has 0 fully saturated rings. The second-order valence-corrected chi connectivity index (χ2v) is 7.86. The van der Waals surface area contributed by atoms with Crippen LogP contribution in [0.4, 0.5) is 0 Å². The molecule has 1 N–H and O–H groups in total. The van der Waals surface area contributed by atoms with Crippen molar-refractivity contribution in [2.45, 2.75) is 72.5 Å². The highest BCUT2D eigenvalue weighted by atomic mass is 16.2. The number of nitrogens with zero attached hydrogens (tertiary/aromatic N) is 1. The summed E-state index contributed by atoms with van der Waals surface area (Å²) < 4.78 is 0. The number of hydrogen-bond donors (Lipinski definition) is 1. The van der Waals surface area contributed by atoms with E-state index in [0.717, 1.165) is 28.7 Å². The normalized spacial score (nSPS) is 12.9. The summed E-state index contributed by atoms with van der Waals surface area (Å²) in [5.74, 6) is -0.0976. The van der Waals surface area contributed by atoms with Crippen LogP contribution in [0, 0.1) is 13.8 Å². The highest BCUT2D eigenvalue weighted by Crippen LogP contribution is 2.17. The summed E-state index contributed by atoms with van der Waals surface area (Å²) in [7, 11) is 0. The van der Waals surface area contributed by atoms with Gasteiger partial charge >= 0.3 is 0 Å². The fourth-order valence-electron chi connectivity index (χ4n) is 3.44. The van der Waals surface area contributed by atoms with Gasteiger partial charge in [0.25, 0.3) is 0 Å². The minimum Gasteiger partial charge on any atom is -0.352 e. The molecule has 2 aromatic carbocycles. The Morgan fingerprint density at radius 3 is 2.34 bits per heavy atom. The molecular formula is C25H34N2O2. The second-order valence-electron chi connectivity index (χ2n) is 7.86. The summed E-state index contributed by atoms with van der Waals surface area (Å²) in [6, 6.07) is 15.7. The van der Waals surface area contributed by atoms with Gasteiger partial charge in [0.15, 0.2) is 0 Å². The minimum atomic E-state index is -0.485. The molecule has 0 saturated heterocycles. The van der Waals surface area contributed by atoms with Gasteiger partial charge in [0.1, 0.15) is 6.04 Å². The van der Waals surface area contributed by atoms with Gasteiger partial charge in [-0.2, -0.15) is 0 Å². The molecule has 2 aromatic rings. The molecule has 0 heterocycles. The lowest BCUT2D eigenvalue weighted by molar-refractivity contribution is -0.141. The van der Waals surface area contributed by atoms with E-state index < -0.39 is 6.04 Å². The van der Waals surface area contributed by atoms with Crippen LogP contribution in [0.15, 0.2) is 48.5 Å². The van der Waals surface area contributed by atoms with Crippen molar-refractivity contribution in [3.63, 3.8) is 0 Å². The molecule has 2 rings (SSSR count). The Bertz CT molecular complexity index is 831. The number of hydrogen-bond acceptors (Lipinski definition) is 2. The van der Waals surface area contributed by atoms with E-state index in [-0.39, 0.29) is 17.9 Å². The standard InChI is InChI=1S/C25H34N2O2/c1-6-20(5)26-25(29)23(7-2)27(17-21-13-10-11-18(3)15-21)24(28)16-22-14-9-8-12-19(22)4/h8-15,20,23H,6-7,16-17H2,1-5H3,(H,26,29)/t20-,23+/m1/s1. The quantitative estimate of drug-likeness (QED) is 0.677. The molecule has 4 nitrogen and oxygen atoms in total. The van der Waals surface area contributed by atoms with Crippen LogP contribution in [0.3, 0.4) is 0 Å². The van der Waals surface area contributed by atoms with Crippen molar-refractivity contribution in [2.75, 3.05) is 0 Å². The van der Waals surface area contributed by atoms with Gasteiger partial charge in [-0.1, -0.05) is 67.9 Å². The van der Waals surface area contributed by atoms with Gasteiger partial charge in [0, 0.05) is 12.6 Å². The average Bonchev–Trinajstić information content (AvgIpc) is 2.69. The number of rotatable bonds is 9. The number of amides is 2. The van der Waals surface area contributed by atoms with Gasteiger partial charge in [-0.3, -0.25) is 9.59 Å². The van der Waals surface area contributed by atoms with Crippen LogP contribution in [0.1, 0.15) is 55.9 Å². The molecule has 0 unspecified atom stereocenters. The lowest BCUT2D eigenvalue weighted by atomic mass is 10.0. The lowest BCUT2D eigenvalue weighted by Gasteiger charge is -2.32. The molecule has 4 heteroatoms. The van der Waals surface area contributed by atoms with Crippen LogP contribution in [-0.4, -0.2) is 28.8 Å². The monoisotopic (exact) mass is 394 g/mol. The van der Waals surface area contributed by atoms with Gasteiger partial charge in [-0.25, -0.2) is 0 Å². The smallest absolute Gasteiger partial charge is 0.243 e. The maximum atomic E-state index is 13.4. The zero-order valence-corrected chi connectivity index (χ0v) is 18.4. The molecule has 0 aliphatic carbocycles. The van der Waals surface area contributed by atoms with Crippen LogP contribution in [0.2, 0.25) is 0 Å². The van der Waals surface area contributed by atoms with Gasteiger partial charge in [-0.15, -0.1) is 0 Å². The molecule has 0 aliphatic heterocycles. The Hall–Kier alpha value is -2.62. The Kier molecular flexibility index (Phi) is 8.44. The third-order valence-electron chi connectivity index (χ3n) is 5.43. The van der Waals surface area contributed by atoms with E-state index in [4.69, 9.17) is 0 Å². The first-order valence-corrected chi connectivity index (χ1v) is 10.6. The van der Waals surface area contributed by atoms with Gasteiger partial charge in [0.2, 0.25) is 11.8 Å². The number of carbonyl (C=O) groups is 2. The van der Waals surface area contributed by atoms with E-state index in [0.29, 0.717) is 19.4 Å². The van der Waals surface area contributed by atoms with Crippen molar-refractivity contribution >= 4 is 11.8 Å². The number of aryl methyl sites for hydroxylation is 2. The van der Waals surface area contributed by atoms with Crippen molar-refractivity contribution in [3.8, 4) is 0 Å². The predicted molar refractivity (Wildman–Crippen MR) is 119 cm³/mol. The van der Waals surface area contributed by atoms with Crippen molar-refractivity contribution in [2.24, 2.45) is 0 Å². The van der Waals surface area contributed by atoms with E-state index in [1.54, 1.807) is 4.90 Å². The predicted octanol–water partition coefficient (Wildman–Crippen LogP) is 4.57. The molecule has 0 aliphatic rings. The van der Waals surface area contributed by atoms with E-state index in [9.17, 15) is 9.59 Å². The first kappa shape index (κ1) is 22.7. The van der Waals surface area contributed by atoms with Crippen molar-refractivity contribution in [3.05, 3.63) is 70.8 Å². The molecule has 0 radical (unpaired) electrons. The highest BCUT2D eigenvalue weighted by Gasteiger charge is 2.29. The van der Waals surface area contributed by atoms with Crippen LogP contribution in [-0.2, 0) is 22.6 Å². The van der Waals surface area contributed by atoms with E-state index in [1.807, 2.05) is 77.1 Å². The third-order valence-corrected chi connectivity index (χ3v) is 5.43. The van der Waals surface area contributed by atoms with E-state index >= 15 is 0 Å². The zero-order chi connectivity index (χ0) is 21.4. The minimum absolute atomic E-state index is 0.0213. The number of benzene rings is 2. The topological polar surface area (TPSA) is 49.4 Å².